The summed E-state index contributed by atoms with van der Waals surface area (Å²) in [5.74, 6) is -0.197. The van der Waals surface area contributed by atoms with Crippen molar-refractivity contribution in [1.82, 2.24) is 0 Å². The van der Waals surface area contributed by atoms with Gasteiger partial charge in [-0.15, -0.1) is 0 Å². The Morgan fingerprint density at radius 3 is 2.79 bits per heavy atom. The minimum Gasteiger partial charge on any atom is -0.469 e. The number of esters is 1. The van der Waals surface area contributed by atoms with Crippen molar-refractivity contribution in [2.24, 2.45) is 5.73 Å². The Bertz CT molecular complexity index is 480. The highest BCUT2D eigenvalue weighted by Gasteiger charge is 2.11. The molecule has 0 aliphatic carbocycles. The van der Waals surface area contributed by atoms with Gasteiger partial charge in [0.2, 0.25) is 0 Å². The first-order valence-electron chi connectivity index (χ1n) is 5.83. The molecule has 0 fully saturated rings. The Balaban J connectivity index is 2.75. The summed E-state index contributed by atoms with van der Waals surface area (Å²) >= 11 is 8.48. The van der Waals surface area contributed by atoms with Crippen molar-refractivity contribution in [3.05, 3.63) is 28.2 Å². The summed E-state index contributed by atoms with van der Waals surface area (Å²) in [6, 6.07) is 5.76. The van der Waals surface area contributed by atoms with E-state index < -0.39 is 0 Å². The first kappa shape index (κ1) is 15.9. The number of halogens is 1. The average molecular weight is 345 g/mol. The number of benzene rings is 1. The summed E-state index contributed by atoms with van der Waals surface area (Å²) in [5.41, 5.74) is 7.50. The molecule has 0 aliphatic heterocycles. The Kier molecular flexibility index (Phi) is 6.24. The maximum atomic E-state index is 11.1. The lowest BCUT2D eigenvalue weighted by atomic mass is 10.1. The van der Waals surface area contributed by atoms with Crippen LogP contribution in [0.1, 0.15) is 18.4 Å². The molecule has 4 nitrogen and oxygen atoms in total. The second-order valence-corrected chi connectivity index (χ2v) is 5.48. The molecule has 0 aliphatic rings. The van der Waals surface area contributed by atoms with Gasteiger partial charge in [0.1, 0.15) is 4.99 Å². The van der Waals surface area contributed by atoms with Crippen molar-refractivity contribution >= 4 is 44.8 Å². The molecule has 104 valence electrons. The number of methoxy groups -OCH3 is 1. The van der Waals surface area contributed by atoms with Gasteiger partial charge in [0.05, 0.1) is 7.11 Å². The lowest BCUT2D eigenvalue weighted by molar-refractivity contribution is -0.140. The number of anilines is 1. The molecular formula is C13H17BrN2O2S. The van der Waals surface area contributed by atoms with Crippen LogP contribution in [0.25, 0.3) is 0 Å². The third kappa shape index (κ3) is 4.80. The molecular weight excluding hydrogens is 328 g/mol. The molecule has 0 saturated heterocycles. The van der Waals surface area contributed by atoms with Crippen LogP contribution in [0.3, 0.4) is 0 Å². The van der Waals surface area contributed by atoms with Crippen molar-refractivity contribution in [3.63, 3.8) is 0 Å². The van der Waals surface area contributed by atoms with Gasteiger partial charge in [-0.3, -0.25) is 4.79 Å². The van der Waals surface area contributed by atoms with Crippen LogP contribution in [0.4, 0.5) is 5.69 Å². The van der Waals surface area contributed by atoms with E-state index in [1.54, 1.807) is 0 Å². The quantitative estimate of drug-likeness (QED) is 0.634. The van der Waals surface area contributed by atoms with Crippen molar-refractivity contribution in [1.29, 1.82) is 0 Å². The van der Waals surface area contributed by atoms with E-state index >= 15 is 0 Å². The van der Waals surface area contributed by atoms with E-state index in [4.69, 9.17) is 18.0 Å². The van der Waals surface area contributed by atoms with Crippen molar-refractivity contribution in [2.75, 3.05) is 25.6 Å². The fourth-order valence-electron chi connectivity index (χ4n) is 1.71. The summed E-state index contributed by atoms with van der Waals surface area (Å²) < 4.78 is 5.57. The molecule has 0 aromatic heterocycles. The topological polar surface area (TPSA) is 55.6 Å². The van der Waals surface area contributed by atoms with Gasteiger partial charge in [-0.05, 0) is 24.6 Å². The molecule has 0 amide bonds. The molecule has 0 atom stereocenters. The molecule has 0 saturated carbocycles. The number of nitrogens with zero attached hydrogens (tertiary/aromatic N) is 1. The van der Waals surface area contributed by atoms with Crippen molar-refractivity contribution in [3.8, 4) is 0 Å². The smallest absolute Gasteiger partial charge is 0.305 e. The zero-order chi connectivity index (χ0) is 14.4. The molecule has 1 aromatic rings. The Hall–Kier alpha value is -1.14. The van der Waals surface area contributed by atoms with E-state index in [9.17, 15) is 4.79 Å². The van der Waals surface area contributed by atoms with E-state index in [-0.39, 0.29) is 5.97 Å². The average Bonchev–Trinajstić information content (AvgIpc) is 2.37. The largest absolute Gasteiger partial charge is 0.469 e. The van der Waals surface area contributed by atoms with Gasteiger partial charge >= 0.3 is 5.97 Å². The lowest BCUT2D eigenvalue weighted by Gasteiger charge is -2.22. The number of hydrogen-bond donors (Lipinski definition) is 1. The number of thiocarbonyl (C=S) groups is 1. The Labute approximate surface area is 127 Å². The molecule has 0 heterocycles. The van der Waals surface area contributed by atoms with E-state index in [1.807, 2.05) is 30.1 Å². The van der Waals surface area contributed by atoms with Crippen LogP contribution in [-0.4, -0.2) is 31.7 Å². The highest BCUT2D eigenvalue weighted by atomic mass is 79.9. The van der Waals surface area contributed by atoms with Crippen molar-refractivity contribution < 1.29 is 9.53 Å². The highest BCUT2D eigenvalue weighted by Crippen LogP contribution is 2.24. The number of ether oxygens (including phenoxy) is 1. The SMILES string of the molecule is COC(=O)CCCN(C)c1cc(Br)ccc1C(N)=S. The van der Waals surface area contributed by atoms with E-state index in [1.165, 1.54) is 7.11 Å². The zero-order valence-electron chi connectivity index (χ0n) is 11.0. The summed E-state index contributed by atoms with van der Waals surface area (Å²) in [7, 11) is 3.34. The third-order valence-corrected chi connectivity index (χ3v) is 3.45. The van der Waals surface area contributed by atoms with Gasteiger partial charge in [0, 0.05) is 35.7 Å². The maximum Gasteiger partial charge on any atom is 0.305 e. The minimum atomic E-state index is -0.197. The van der Waals surface area contributed by atoms with Crippen molar-refractivity contribution in [2.45, 2.75) is 12.8 Å². The molecule has 0 spiro atoms. The maximum absolute atomic E-state index is 11.1. The van der Waals surface area contributed by atoms with Gasteiger partial charge in [-0.1, -0.05) is 28.1 Å². The molecule has 0 unspecified atom stereocenters. The van der Waals surface area contributed by atoms with Gasteiger partial charge in [0.25, 0.3) is 0 Å². The fourth-order valence-corrected chi connectivity index (χ4v) is 2.23. The first-order valence-corrected chi connectivity index (χ1v) is 7.03. The molecule has 1 rings (SSSR count). The predicted octanol–water partition coefficient (Wildman–Crippen LogP) is 2.47. The van der Waals surface area contributed by atoms with E-state index in [0.29, 0.717) is 17.8 Å². The molecule has 0 radical (unpaired) electrons. The highest BCUT2D eigenvalue weighted by molar-refractivity contribution is 9.10. The predicted molar refractivity (Wildman–Crippen MR) is 84.5 cm³/mol. The standard InChI is InChI=1S/C13H17BrN2O2S/c1-16(7-3-4-12(17)18-2)11-8-9(14)5-6-10(11)13(15)19/h5-6,8H,3-4,7H2,1-2H3,(H2,15,19). The van der Waals surface area contributed by atoms with Crippen LogP contribution in [0, 0.1) is 0 Å². The summed E-state index contributed by atoms with van der Waals surface area (Å²) in [6.07, 6.45) is 1.11. The minimum absolute atomic E-state index is 0.197. The second kappa shape index (κ2) is 7.45. The summed E-state index contributed by atoms with van der Waals surface area (Å²) in [5, 5.41) is 0. The second-order valence-electron chi connectivity index (χ2n) is 4.13. The monoisotopic (exact) mass is 344 g/mol. The van der Waals surface area contributed by atoms with E-state index in [0.717, 1.165) is 22.3 Å². The molecule has 1 aromatic carbocycles. The van der Waals surface area contributed by atoms with Crippen LogP contribution in [-0.2, 0) is 9.53 Å². The number of carbonyl (C=O) groups excluding carboxylic acids is 1. The van der Waals surface area contributed by atoms with Crippen LogP contribution in [0.15, 0.2) is 22.7 Å². The van der Waals surface area contributed by atoms with Crippen LogP contribution >= 0.6 is 28.1 Å². The van der Waals surface area contributed by atoms with Crippen LogP contribution < -0.4 is 10.6 Å². The molecule has 19 heavy (non-hydrogen) atoms. The Morgan fingerprint density at radius 2 is 2.21 bits per heavy atom. The van der Waals surface area contributed by atoms with E-state index in [2.05, 4.69) is 20.7 Å². The molecule has 0 bridgehead atoms. The third-order valence-electron chi connectivity index (χ3n) is 2.74. The number of nitrogens with two attached hydrogens (primary N) is 1. The fraction of sp³-hybridized carbons (Fsp3) is 0.385. The molecule has 6 heteroatoms. The Morgan fingerprint density at radius 1 is 1.53 bits per heavy atom. The first-order chi connectivity index (χ1) is 8.95. The molecule has 2 N–H and O–H groups in total. The number of hydrogen-bond acceptors (Lipinski definition) is 4. The van der Waals surface area contributed by atoms with Gasteiger partial charge in [-0.2, -0.15) is 0 Å². The van der Waals surface area contributed by atoms with Gasteiger partial charge in [0.15, 0.2) is 0 Å². The normalized spacial score (nSPS) is 10.1. The van der Waals surface area contributed by atoms with Crippen LogP contribution in [0.2, 0.25) is 0 Å². The van der Waals surface area contributed by atoms with Gasteiger partial charge in [-0.25, -0.2) is 0 Å². The van der Waals surface area contributed by atoms with Gasteiger partial charge < -0.3 is 15.4 Å². The zero-order valence-corrected chi connectivity index (χ0v) is 13.4. The number of carbonyl (C=O) groups is 1. The van der Waals surface area contributed by atoms with Crippen LogP contribution in [0.5, 0.6) is 0 Å². The summed E-state index contributed by atoms with van der Waals surface area (Å²) in [4.78, 5) is 13.5. The number of rotatable bonds is 6. The lowest BCUT2D eigenvalue weighted by Crippen LogP contribution is -2.23. The summed E-state index contributed by atoms with van der Waals surface area (Å²) in [6.45, 7) is 0.723.